The normalized spacial score (nSPS) is 16.4. The van der Waals surface area contributed by atoms with Crippen LogP contribution in [0.15, 0.2) is 28.3 Å². The van der Waals surface area contributed by atoms with Gasteiger partial charge in [-0.05, 0) is 85.6 Å². The van der Waals surface area contributed by atoms with E-state index in [1.807, 2.05) is 11.7 Å². The molecule has 0 bridgehead atoms. The van der Waals surface area contributed by atoms with Gasteiger partial charge in [-0.25, -0.2) is 0 Å². The number of aromatic nitrogens is 2. The van der Waals surface area contributed by atoms with Crippen LogP contribution in [-0.2, 0) is 19.4 Å². The van der Waals surface area contributed by atoms with Crippen molar-refractivity contribution in [3.8, 4) is 27.4 Å². The Morgan fingerprint density at radius 3 is 2.61 bits per heavy atom. The maximum atomic E-state index is 14.2. The van der Waals surface area contributed by atoms with Gasteiger partial charge in [-0.15, -0.1) is 11.3 Å². The van der Waals surface area contributed by atoms with Crippen LogP contribution in [0.1, 0.15) is 61.6 Å². The molecule has 5 rings (SSSR count). The molecule has 0 saturated heterocycles. The van der Waals surface area contributed by atoms with E-state index in [9.17, 15) is 4.79 Å². The third-order valence-electron chi connectivity index (χ3n) is 6.85. The molecule has 0 radical (unpaired) electrons. The van der Waals surface area contributed by atoms with E-state index < -0.39 is 0 Å². The minimum Gasteiger partial charge on any atom is -0.496 e. The van der Waals surface area contributed by atoms with Gasteiger partial charge in [0.25, 0.3) is 5.91 Å². The quantitative estimate of drug-likeness (QED) is 0.378. The molecule has 7 heteroatoms. The summed E-state index contributed by atoms with van der Waals surface area (Å²) in [7, 11) is 1.70. The van der Waals surface area contributed by atoms with Crippen LogP contribution in [0.3, 0.4) is 0 Å². The van der Waals surface area contributed by atoms with Crippen molar-refractivity contribution < 1.29 is 9.53 Å². The number of amides is 1. The number of fused-ring (bicyclic) bond motifs is 5. The van der Waals surface area contributed by atoms with Crippen LogP contribution in [0.25, 0.3) is 21.7 Å². The van der Waals surface area contributed by atoms with Crippen molar-refractivity contribution in [3.05, 3.63) is 45.1 Å². The summed E-state index contributed by atoms with van der Waals surface area (Å²) in [6.07, 6.45) is 7.00. The standard InChI is InChI=1S/C26H30BrN3O2S/c1-26(2,3)30-10-7-5-6-8-17-22(21-14-28-15-33-21)23-18-13-19(27)20(32-4)12-16(18)9-11-29(23)24(17)25(30)31/h12-15H,5-11H2,1-4H3. The average molecular weight is 529 g/mol. The molecule has 33 heavy (non-hydrogen) atoms. The van der Waals surface area contributed by atoms with E-state index in [1.54, 1.807) is 18.4 Å². The van der Waals surface area contributed by atoms with E-state index in [0.717, 1.165) is 71.7 Å². The van der Waals surface area contributed by atoms with Gasteiger partial charge >= 0.3 is 0 Å². The first-order valence-electron chi connectivity index (χ1n) is 11.6. The number of nitrogens with zero attached hydrogens (tertiary/aromatic N) is 3. The fraction of sp³-hybridized carbons (Fsp3) is 0.462. The van der Waals surface area contributed by atoms with E-state index in [1.165, 1.54) is 22.3 Å². The van der Waals surface area contributed by atoms with Gasteiger partial charge < -0.3 is 14.2 Å². The number of carbonyl (C=O) groups is 1. The maximum absolute atomic E-state index is 14.2. The van der Waals surface area contributed by atoms with Gasteiger partial charge in [-0.2, -0.15) is 0 Å². The van der Waals surface area contributed by atoms with E-state index in [0.29, 0.717) is 0 Å². The number of benzene rings is 1. The predicted molar refractivity (Wildman–Crippen MR) is 137 cm³/mol. The second-order valence-corrected chi connectivity index (χ2v) is 11.6. The molecule has 5 nitrogen and oxygen atoms in total. The molecular weight excluding hydrogens is 498 g/mol. The highest BCUT2D eigenvalue weighted by atomic mass is 79.9. The van der Waals surface area contributed by atoms with Crippen molar-refractivity contribution in [3.63, 3.8) is 0 Å². The van der Waals surface area contributed by atoms with Crippen molar-refractivity contribution in [1.29, 1.82) is 0 Å². The number of hydrogen-bond donors (Lipinski definition) is 0. The van der Waals surface area contributed by atoms with Gasteiger partial charge in [0.05, 0.1) is 27.7 Å². The van der Waals surface area contributed by atoms with Crippen molar-refractivity contribution in [2.24, 2.45) is 0 Å². The lowest BCUT2D eigenvalue weighted by molar-refractivity contribution is 0.0568. The minimum atomic E-state index is -0.225. The van der Waals surface area contributed by atoms with E-state index >= 15 is 0 Å². The molecular formula is C26H30BrN3O2S. The Bertz CT molecular complexity index is 1210. The number of ether oxygens (including phenoxy) is 1. The van der Waals surface area contributed by atoms with Crippen LogP contribution in [0.5, 0.6) is 5.75 Å². The smallest absolute Gasteiger partial charge is 0.271 e. The van der Waals surface area contributed by atoms with Crippen LogP contribution in [-0.4, -0.2) is 39.6 Å². The molecule has 1 aromatic carbocycles. The van der Waals surface area contributed by atoms with Crippen LogP contribution >= 0.6 is 27.3 Å². The number of halogens is 1. The van der Waals surface area contributed by atoms with E-state index in [4.69, 9.17) is 4.74 Å². The van der Waals surface area contributed by atoms with Crippen molar-refractivity contribution in [2.75, 3.05) is 13.7 Å². The molecule has 2 aliphatic heterocycles. The molecule has 3 aromatic rings. The number of aryl methyl sites for hydroxylation is 1. The zero-order valence-corrected chi connectivity index (χ0v) is 22.1. The molecule has 2 aliphatic rings. The van der Waals surface area contributed by atoms with E-state index in [2.05, 4.69) is 63.3 Å². The summed E-state index contributed by atoms with van der Waals surface area (Å²) in [4.78, 5) is 21.8. The van der Waals surface area contributed by atoms with Gasteiger partial charge in [-0.1, -0.05) is 6.42 Å². The van der Waals surface area contributed by atoms with E-state index in [-0.39, 0.29) is 11.4 Å². The van der Waals surface area contributed by atoms with Gasteiger partial charge in [0.15, 0.2) is 0 Å². The van der Waals surface area contributed by atoms with Crippen LogP contribution in [0, 0.1) is 0 Å². The van der Waals surface area contributed by atoms with Gasteiger partial charge in [0.2, 0.25) is 0 Å². The summed E-state index contributed by atoms with van der Waals surface area (Å²) in [6, 6.07) is 4.30. The molecule has 0 saturated carbocycles. The molecule has 174 valence electrons. The largest absolute Gasteiger partial charge is 0.496 e. The van der Waals surface area contributed by atoms with Gasteiger partial charge in [0, 0.05) is 36.0 Å². The Hall–Kier alpha value is -2.12. The van der Waals surface area contributed by atoms with Crippen LogP contribution in [0.2, 0.25) is 0 Å². The number of carbonyl (C=O) groups excluding carboxylic acids is 1. The average Bonchev–Trinajstić information content (AvgIpc) is 3.40. The monoisotopic (exact) mass is 527 g/mol. The molecule has 0 aliphatic carbocycles. The number of methoxy groups -OCH3 is 1. The first-order valence-corrected chi connectivity index (χ1v) is 13.3. The third-order valence-corrected chi connectivity index (χ3v) is 8.26. The summed E-state index contributed by atoms with van der Waals surface area (Å²) >= 11 is 5.35. The third kappa shape index (κ3) is 3.83. The first kappa shape index (κ1) is 22.7. The lowest BCUT2D eigenvalue weighted by Crippen LogP contribution is -2.47. The molecule has 2 aromatic heterocycles. The highest BCUT2D eigenvalue weighted by Gasteiger charge is 2.37. The summed E-state index contributed by atoms with van der Waals surface area (Å²) in [5.41, 5.74) is 8.51. The Kier molecular flexibility index (Phi) is 5.90. The Balaban J connectivity index is 1.82. The number of rotatable bonds is 2. The zero-order valence-electron chi connectivity index (χ0n) is 19.7. The highest BCUT2D eigenvalue weighted by Crippen LogP contribution is 2.47. The topological polar surface area (TPSA) is 47.4 Å². The molecule has 0 spiro atoms. The molecule has 0 N–H and O–H groups in total. The molecule has 0 atom stereocenters. The second kappa shape index (κ2) is 8.58. The van der Waals surface area contributed by atoms with Gasteiger partial charge in [-0.3, -0.25) is 9.78 Å². The molecule has 0 unspecified atom stereocenters. The Morgan fingerprint density at radius 1 is 1.09 bits per heavy atom. The fourth-order valence-corrected chi connectivity index (χ4v) is 6.50. The first-order chi connectivity index (χ1) is 15.8. The summed E-state index contributed by atoms with van der Waals surface area (Å²) < 4.78 is 8.81. The number of thiazole rings is 1. The number of hydrogen-bond acceptors (Lipinski definition) is 4. The fourth-order valence-electron chi connectivity index (χ4n) is 5.30. The zero-order chi connectivity index (χ0) is 23.3. The lowest BCUT2D eigenvalue weighted by atomic mass is 9.93. The highest BCUT2D eigenvalue weighted by molar-refractivity contribution is 9.10. The molecule has 0 fully saturated rings. The Labute approximate surface area is 207 Å². The summed E-state index contributed by atoms with van der Waals surface area (Å²) in [6.45, 7) is 8.03. The lowest BCUT2D eigenvalue weighted by Gasteiger charge is -2.36. The van der Waals surface area contributed by atoms with Crippen LogP contribution < -0.4 is 4.74 Å². The van der Waals surface area contributed by atoms with Gasteiger partial charge in [0.1, 0.15) is 11.4 Å². The minimum absolute atomic E-state index is 0.160. The molecule has 1 amide bonds. The SMILES string of the molecule is COc1cc2c(cc1Br)-c1c(-c3cncs3)c3c(n1CC2)C(=O)N(C(C)(C)C)CCCCC3. The Morgan fingerprint density at radius 2 is 1.91 bits per heavy atom. The van der Waals surface area contributed by atoms with Crippen LogP contribution in [0.4, 0.5) is 0 Å². The predicted octanol–water partition coefficient (Wildman–Crippen LogP) is 6.57. The maximum Gasteiger partial charge on any atom is 0.271 e. The van der Waals surface area contributed by atoms with Crippen molar-refractivity contribution >= 4 is 33.2 Å². The second-order valence-electron chi connectivity index (χ2n) is 9.90. The summed E-state index contributed by atoms with van der Waals surface area (Å²) in [5.74, 6) is 1.00. The van der Waals surface area contributed by atoms with Crippen molar-refractivity contribution in [2.45, 2.75) is 65.0 Å². The summed E-state index contributed by atoms with van der Waals surface area (Å²) in [5, 5.41) is 0. The molecule has 4 heterocycles. The van der Waals surface area contributed by atoms with Crippen molar-refractivity contribution in [1.82, 2.24) is 14.5 Å².